The molecule has 0 aromatic rings. The van der Waals surface area contributed by atoms with E-state index in [0.29, 0.717) is 0 Å². The predicted octanol–water partition coefficient (Wildman–Crippen LogP) is -4.82. The van der Waals surface area contributed by atoms with Gasteiger partial charge in [-0.25, -0.2) is 9.59 Å². The summed E-state index contributed by atoms with van der Waals surface area (Å²) in [4.78, 5) is 34.5. The van der Waals surface area contributed by atoms with Crippen molar-refractivity contribution >= 4 is 17.9 Å². The fourth-order valence-corrected chi connectivity index (χ4v) is 3.98. The molecule has 0 aromatic heterocycles. The molecule has 2 fully saturated rings. The van der Waals surface area contributed by atoms with Crippen LogP contribution < -0.4 is 0 Å². The number of ether oxygens (including phenoxy) is 4. The lowest BCUT2D eigenvalue weighted by Gasteiger charge is -2.46. The summed E-state index contributed by atoms with van der Waals surface area (Å²) < 4.78 is 20.8. The summed E-state index contributed by atoms with van der Waals surface area (Å²) in [5, 5.41) is 98.2. The minimum Gasteiger partial charge on any atom is -0.481 e. The lowest BCUT2D eigenvalue weighted by Crippen LogP contribution is -2.65. The number of hydrogen-bond donors (Lipinski definition) is 10. The van der Waals surface area contributed by atoms with Crippen molar-refractivity contribution in [3.8, 4) is 0 Å². The van der Waals surface area contributed by atoms with Crippen molar-refractivity contribution < 1.29 is 84.4 Å². The Morgan fingerprint density at radius 2 is 1.27 bits per heavy atom. The molecule has 0 bridgehead atoms. The van der Waals surface area contributed by atoms with E-state index in [2.05, 4.69) is 0 Å². The maximum Gasteiger partial charge on any atom is 0.364 e. The van der Waals surface area contributed by atoms with E-state index in [-0.39, 0.29) is 12.8 Å². The second kappa shape index (κ2) is 12.7. The Balaban J connectivity index is 2.19. The van der Waals surface area contributed by atoms with Gasteiger partial charge in [0.05, 0.1) is 32.0 Å². The zero-order valence-corrected chi connectivity index (χ0v) is 19.4. The summed E-state index contributed by atoms with van der Waals surface area (Å²) in [6.07, 6.45) is -17.1. The number of rotatable bonds is 13. The van der Waals surface area contributed by atoms with Gasteiger partial charge in [0.15, 0.2) is 0 Å². The van der Waals surface area contributed by atoms with Gasteiger partial charge >= 0.3 is 17.9 Å². The van der Waals surface area contributed by atoms with Crippen molar-refractivity contribution in [2.24, 2.45) is 0 Å². The van der Waals surface area contributed by atoms with Crippen LogP contribution in [0.1, 0.15) is 25.7 Å². The minimum atomic E-state index is -2.77. The van der Waals surface area contributed by atoms with E-state index in [0.717, 1.165) is 0 Å². The van der Waals surface area contributed by atoms with E-state index < -0.39 is 111 Å². The normalized spacial score (nSPS) is 38.0. The molecule has 2 heterocycles. The fraction of sp³-hybridized carbons (Fsp3) is 0.850. The van der Waals surface area contributed by atoms with Crippen LogP contribution in [-0.2, 0) is 33.3 Å². The summed E-state index contributed by atoms with van der Waals surface area (Å²) in [7, 11) is 0. The molecule has 0 aliphatic carbocycles. The average molecular weight is 544 g/mol. The van der Waals surface area contributed by atoms with Crippen molar-refractivity contribution in [3.05, 3.63) is 0 Å². The van der Waals surface area contributed by atoms with Crippen LogP contribution in [0.2, 0.25) is 0 Å². The van der Waals surface area contributed by atoms with E-state index in [1.807, 2.05) is 0 Å². The lowest BCUT2D eigenvalue weighted by molar-refractivity contribution is -0.343. The maximum absolute atomic E-state index is 11.9. The van der Waals surface area contributed by atoms with Crippen molar-refractivity contribution in [2.45, 2.75) is 86.1 Å². The van der Waals surface area contributed by atoms with Crippen molar-refractivity contribution in [2.75, 3.05) is 19.8 Å². The molecule has 2 rings (SSSR count). The van der Waals surface area contributed by atoms with Crippen LogP contribution in [0.15, 0.2) is 0 Å². The van der Waals surface area contributed by atoms with Gasteiger partial charge in [-0.1, -0.05) is 0 Å². The van der Waals surface area contributed by atoms with Crippen LogP contribution in [0.4, 0.5) is 0 Å². The standard InChI is InChI=1S/C20H32O17/c21-6-10(24)15-13(28)9(23)5-20(36-15,18(32)33)35-7-11(25)16-14(29)8(22)4-19(37-16,17(30)31)34-3-1-2-12(26)27/h8-11,13-16,21-25,28-29H,1-7H2,(H,26,27)(H,30,31)(H,32,33)/t8-,9-,10-,11-,13-,14-,15-,16-,19-,20-/m1/s1. The predicted molar refractivity (Wildman–Crippen MR) is 112 cm³/mol. The molecule has 0 saturated carbocycles. The average Bonchev–Trinajstić information content (AvgIpc) is 2.83. The quantitative estimate of drug-likeness (QED) is 0.0972. The Morgan fingerprint density at radius 1 is 0.811 bits per heavy atom. The molecule has 10 N–H and O–H groups in total. The van der Waals surface area contributed by atoms with Crippen LogP contribution in [0.25, 0.3) is 0 Å². The van der Waals surface area contributed by atoms with Gasteiger partial charge in [0.2, 0.25) is 0 Å². The summed E-state index contributed by atoms with van der Waals surface area (Å²) in [6.45, 7) is -2.47. The molecule has 0 unspecified atom stereocenters. The summed E-state index contributed by atoms with van der Waals surface area (Å²) in [6, 6.07) is 0. The number of hydrogen-bond acceptors (Lipinski definition) is 14. The highest BCUT2D eigenvalue weighted by atomic mass is 16.7. The first-order chi connectivity index (χ1) is 17.2. The first-order valence-corrected chi connectivity index (χ1v) is 11.2. The molecular weight excluding hydrogens is 512 g/mol. The van der Waals surface area contributed by atoms with Crippen LogP contribution in [-0.4, -0.2) is 149 Å². The van der Waals surface area contributed by atoms with Crippen molar-refractivity contribution in [1.29, 1.82) is 0 Å². The number of carboxylic acid groups (broad SMARTS) is 3. The summed E-state index contributed by atoms with van der Waals surface area (Å²) in [5.74, 6) is -10.2. The highest BCUT2D eigenvalue weighted by Crippen LogP contribution is 2.35. The zero-order valence-electron chi connectivity index (χ0n) is 19.4. The molecule has 0 spiro atoms. The Labute approximate surface area is 209 Å². The number of aliphatic hydroxyl groups is 7. The topological polar surface area (TPSA) is 290 Å². The lowest BCUT2D eigenvalue weighted by atomic mass is 9.91. The number of carboxylic acids is 3. The minimum absolute atomic E-state index is 0.129. The molecule has 17 nitrogen and oxygen atoms in total. The van der Waals surface area contributed by atoms with Crippen molar-refractivity contribution in [3.63, 3.8) is 0 Å². The first kappa shape index (κ1) is 31.2. The van der Waals surface area contributed by atoms with Gasteiger partial charge in [0, 0.05) is 19.3 Å². The third-order valence-electron chi connectivity index (χ3n) is 6.02. The fourth-order valence-electron chi connectivity index (χ4n) is 3.98. The largest absolute Gasteiger partial charge is 0.481 e. The van der Waals surface area contributed by atoms with E-state index in [1.54, 1.807) is 0 Å². The van der Waals surface area contributed by atoms with Gasteiger partial charge in [-0.3, -0.25) is 4.79 Å². The summed E-state index contributed by atoms with van der Waals surface area (Å²) in [5.41, 5.74) is 0. The molecule has 0 radical (unpaired) electrons. The highest BCUT2D eigenvalue weighted by molar-refractivity contribution is 5.76. The van der Waals surface area contributed by atoms with Crippen LogP contribution in [0, 0.1) is 0 Å². The molecule has 0 amide bonds. The molecule has 2 aliphatic rings. The number of carbonyl (C=O) groups is 3. The zero-order chi connectivity index (χ0) is 28.1. The van der Waals surface area contributed by atoms with E-state index in [9.17, 15) is 55.2 Å². The Hall–Kier alpha value is -2.03. The Bertz CT molecular complexity index is 808. The molecule has 214 valence electrons. The monoisotopic (exact) mass is 544 g/mol. The Kier molecular flexibility index (Phi) is 10.7. The second-order valence-electron chi connectivity index (χ2n) is 8.78. The highest BCUT2D eigenvalue weighted by Gasteiger charge is 2.57. The molecule has 0 aromatic carbocycles. The first-order valence-electron chi connectivity index (χ1n) is 11.2. The van der Waals surface area contributed by atoms with E-state index in [1.165, 1.54) is 0 Å². The van der Waals surface area contributed by atoms with E-state index >= 15 is 0 Å². The van der Waals surface area contributed by atoms with Gasteiger partial charge < -0.3 is 70.0 Å². The number of aliphatic hydroxyl groups excluding tert-OH is 7. The smallest absolute Gasteiger partial charge is 0.364 e. The third-order valence-corrected chi connectivity index (χ3v) is 6.02. The van der Waals surface area contributed by atoms with Crippen LogP contribution >= 0.6 is 0 Å². The van der Waals surface area contributed by atoms with Gasteiger partial charge in [0.25, 0.3) is 11.6 Å². The molecule has 2 saturated heterocycles. The third kappa shape index (κ3) is 7.09. The molecule has 37 heavy (non-hydrogen) atoms. The van der Waals surface area contributed by atoms with Crippen molar-refractivity contribution in [1.82, 2.24) is 0 Å². The van der Waals surface area contributed by atoms with Gasteiger partial charge in [0.1, 0.15) is 36.6 Å². The number of aliphatic carboxylic acids is 3. The SMILES string of the molecule is O=C(O)CCCO[C@]1(C(=O)O)C[C@@H](O)[C@@H](O)[C@@H]([C@H](O)CO[C@]2(C(=O)O)C[C@@H](O)[C@@H](O)[C@@H]([C@H](O)CO)O2)O1. The van der Waals surface area contributed by atoms with Crippen LogP contribution in [0.5, 0.6) is 0 Å². The molecular formula is C20H32O17. The molecule has 10 atom stereocenters. The maximum atomic E-state index is 11.9. The summed E-state index contributed by atoms with van der Waals surface area (Å²) >= 11 is 0. The second-order valence-corrected chi connectivity index (χ2v) is 8.78. The van der Waals surface area contributed by atoms with Gasteiger partial charge in [-0.2, -0.15) is 0 Å². The van der Waals surface area contributed by atoms with Crippen LogP contribution in [0.3, 0.4) is 0 Å². The van der Waals surface area contributed by atoms with E-state index in [4.69, 9.17) is 29.2 Å². The van der Waals surface area contributed by atoms with Gasteiger partial charge in [-0.05, 0) is 6.42 Å². The molecule has 2 aliphatic heterocycles. The molecule has 17 heteroatoms. The Morgan fingerprint density at radius 3 is 1.70 bits per heavy atom. The van der Waals surface area contributed by atoms with Gasteiger partial charge in [-0.15, -0.1) is 0 Å².